The SMILES string of the molecule is Cc1ccc2c(Cc3cccc(C(C)(F)F)c3)noc2c1C#Cc1cncnc1. The zero-order chi connectivity index (χ0) is 20.4. The molecule has 144 valence electrons. The highest BCUT2D eigenvalue weighted by Gasteiger charge is 2.24. The second kappa shape index (κ2) is 7.44. The topological polar surface area (TPSA) is 51.8 Å². The highest BCUT2D eigenvalue weighted by Crippen LogP contribution is 2.29. The van der Waals surface area contributed by atoms with Crippen LogP contribution >= 0.6 is 0 Å². The van der Waals surface area contributed by atoms with Gasteiger partial charge in [-0.2, -0.15) is 0 Å². The standard InChI is InChI=1S/C23H17F2N3O/c1-15-6-8-20-21(11-16-4-3-5-18(10-16)23(2,24)25)28-29-22(20)19(15)9-7-17-12-26-14-27-13-17/h3-6,8,10,12-14H,11H2,1-2H3. The molecular formula is C23H17F2N3O. The van der Waals surface area contributed by atoms with Gasteiger partial charge in [0.15, 0.2) is 5.58 Å². The fourth-order valence-corrected chi connectivity index (χ4v) is 3.08. The smallest absolute Gasteiger partial charge is 0.270 e. The zero-order valence-electron chi connectivity index (χ0n) is 15.9. The first-order valence-corrected chi connectivity index (χ1v) is 9.04. The number of aryl methyl sites for hydroxylation is 1. The fourth-order valence-electron chi connectivity index (χ4n) is 3.08. The number of hydrogen-bond acceptors (Lipinski definition) is 4. The Kier molecular flexibility index (Phi) is 4.81. The van der Waals surface area contributed by atoms with E-state index in [1.54, 1.807) is 24.5 Å². The molecule has 4 aromatic rings. The van der Waals surface area contributed by atoms with Gasteiger partial charge in [0, 0.05) is 36.7 Å². The number of halogens is 2. The predicted octanol–water partition coefficient (Wildman–Crippen LogP) is 5.03. The molecule has 4 rings (SSSR count). The normalized spacial score (nSPS) is 11.3. The van der Waals surface area contributed by atoms with Gasteiger partial charge in [0.25, 0.3) is 5.92 Å². The van der Waals surface area contributed by atoms with Gasteiger partial charge in [-0.1, -0.05) is 41.3 Å². The van der Waals surface area contributed by atoms with Crippen molar-refractivity contribution in [2.75, 3.05) is 0 Å². The maximum Gasteiger partial charge on any atom is 0.270 e. The number of aromatic nitrogens is 3. The van der Waals surface area contributed by atoms with Crippen LogP contribution in [0.5, 0.6) is 0 Å². The molecule has 0 bridgehead atoms. The van der Waals surface area contributed by atoms with Gasteiger partial charge in [0.2, 0.25) is 0 Å². The van der Waals surface area contributed by atoms with E-state index in [0.29, 0.717) is 23.3 Å². The molecule has 0 atom stereocenters. The fraction of sp³-hybridized carbons (Fsp3) is 0.174. The van der Waals surface area contributed by atoms with E-state index in [2.05, 4.69) is 27.0 Å². The highest BCUT2D eigenvalue weighted by molar-refractivity contribution is 5.86. The van der Waals surface area contributed by atoms with E-state index in [-0.39, 0.29) is 5.56 Å². The molecule has 0 aliphatic heterocycles. The molecule has 0 N–H and O–H groups in total. The van der Waals surface area contributed by atoms with E-state index in [4.69, 9.17) is 4.52 Å². The minimum Gasteiger partial charge on any atom is -0.355 e. The average Bonchev–Trinajstić information content (AvgIpc) is 3.10. The lowest BCUT2D eigenvalue weighted by molar-refractivity contribution is 0.0174. The van der Waals surface area contributed by atoms with Crippen molar-refractivity contribution in [3.05, 3.63) is 88.6 Å². The maximum absolute atomic E-state index is 13.6. The zero-order valence-corrected chi connectivity index (χ0v) is 15.9. The van der Waals surface area contributed by atoms with Crippen molar-refractivity contribution in [1.29, 1.82) is 0 Å². The third-order valence-corrected chi connectivity index (χ3v) is 4.62. The quantitative estimate of drug-likeness (QED) is 0.461. The van der Waals surface area contributed by atoms with E-state index in [1.807, 2.05) is 19.1 Å². The number of alkyl halides is 2. The van der Waals surface area contributed by atoms with Crippen LogP contribution in [-0.4, -0.2) is 15.1 Å². The lowest BCUT2D eigenvalue weighted by Gasteiger charge is -2.11. The number of fused-ring (bicyclic) bond motifs is 1. The summed E-state index contributed by atoms with van der Waals surface area (Å²) in [6.45, 7) is 2.84. The number of benzene rings is 2. The Morgan fingerprint density at radius 2 is 1.86 bits per heavy atom. The molecule has 0 amide bonds. The van der Waals surface area contributed by atoms with Crippen LogP contribution < -0.4 is 0 Å². The molecule has 2 heterocycles. The van der Waals surface area contributed by atoms with Gasteiger partial charge in [-0.25, -0.2) is 18.7 Å². The number of rotatable bonds is 3. The molecule has 0 radical (unpaired) electrons. The van der Waals surface area contributed by atoms with Gasteiger partial charge < -0.3 is 4.52 Å². The third-order valence-electron chi connectivity index (χ3n) is 4.62. The molecule has 0 aliphatic rings. The molecule has 0 spiro atoms. The summed E-state index contributed by atoms with van der Waals surface area (Å²) in [6.07, 6.45) is 5.11. The lowest BCUT2D eigenvalue weighted by Crippen LogP contribution is -2.07. The molecule has 6 heteroatoms. The van der Waals surface area contributed by atoms with Crippen LogP contribution in [0.15, 0.2) is 59.6 Å². The summed E-state index contributed by atoms with van der Waals surface area (Å²) in [7, 11) is 0. The Bertz CT molecular complexity index is 1230. The summed E-state index contributed by atoms with van der Waals surface area (Å²) >= 11 is 0. The Labute approximate surface area is 166 Å². The van der Waals surface area contributed by atoms with E-state index in [1.165, 1.54) is 18.5 Å². The molecule has 4 nitrogen and oxygen atoms in total. The molecule has 2 aromatic heterocycles. The minimum absolute atomic E-state index is 0.0183. The minimum atomic E-state index is -2.89. The molecule has 0 saturated carbocycles. The van der Waals surface area contributed by atoms with Crippen molar-refractivity contribution < 1.29 is 13.3 Å². The van der Waals surface area contributed by atoms with Crippen LogP contribution in [0.25, 0.3) is 11.0 Å². The molecule has 0 saturated heterocycles. The van der Waals surface area contributed by atoms with E-state index < -0.39 is 5.92 Å². The van der Waals surface area contributed by atoms with Gasteiger partial charge in [-0.3, -0.25) is 0 Å². The first kappa shape index (κ1) is 18.8. The van der Waals surface area contributed by atoms with E-state index in [0.717, 1.165) is 29.0 Å². The predicted molar refractivity (Wildman–Crippen MR) is 106 cm³/mol. The first-order chi connectivity index (χ1) is 13.9. The van der Waals surface area contributed by atoms with Gasteiger partial charge in [0.1, 0.15) is 6.33 Å². The Balaban J connectivity index is 1.71. The second-order valence-corrected chi connectivity index (χ2v) is 6.91. The van der Waals surface area contributed by atoms with Crippen LogP contribution in [0.2, 0.25) is 0 Å². The molecule has 29 heavy (non-hydrogen) atoms. The van der Waals surface area contributed by atoms with Crippen molar-refractivity contribution in [3.63, 3.8) is 0 Å². The summed E-state index contributed by atoms with van der Waals surface area (Å²) in [4.78, 5) is 7.91. The highest BCUT2D eigenvalue weighted by atomic mass is 19.3. The summed E-state index contributed by atoms with van der Waals surface area (Å²) in [5.41, 5.74) is 4.38. The molecular weight excluding hydrogens is 372 g/mol. The molecule has 0 unspecified atom stereocenters. The van der Waals surface area contributed by atoms with Gasteiger partial charge in [0.05, 0.1) is 16.8 Å². The molecule has 0 aliphatic carbocycles. The van der Waals surface area contributed by atoms with E-state index in [9.17, 15) is 8.78 Å². The van der Waals surface area contributed by atoms with Crippen LogP contribution in [0, 0.1) is 18.8 Å². The van der Waals surface area contributed by atoms with Crippen LogP contribution in [-0.2, 0) is 12.3 Å². The van der Waals surface area contributed by atoms with Crippen LogP contribution in [0.4, 0.5) is 8.78 Å². The maximum atomic E-state index is 13.6. The van der Waals surface area contributed by atoms with Crippen molar-refractivity contribution in [2.24, 2.45) is 0 Å². The summed E-state index contributed by atoms with van der Waals surface area (Å²) < 4.78 is 32.8. The Morgan fingerprint density at radius 1 is 1.07 bits per heavy atom. The largest absolute Gasteiger partial charge is 0.355 e. The number of nitrogens with zero attached hydrogens (tertiary/aromatic N) is 3. The lowest BCUT2D eigenvalue weighted by atomic mass is 10.00. The van der Waals surface area contributed by atoms with Crippen molar-refractivity contribution in [2.45, 2.75) is 26.2 Å². The van der Waals surface area contributed by atoms with Gasteiger partial charge in [-0.05, 0) is 30.2 Å². The average molecular weight is 389 g/mol. The molecule has 2 aromatic carbocycles. The monoisotopic (exact) mass is 389 g/mol. The van der Waals surface area contributed by atoms with Crippen molar-refractivity contribution in [3.8, 4) is 11.8 Å². The third kappa shape index (κ3) is 3.99. The first-order valence-electron chi connectivity index (χ1n) is 9.04. The molecule has 0 fully saturated rings. The summed E-state index contributed by atoms with van der Waals surface area (Å²) in [5.74, 6) is 3.26. The second-order valence-electron chi connectivity index (χ2n) is 6.91. The Morgan fingerprint density at radius 3 is 2.62 bits per heavy atom. The van der Waals surface area contributed by atoms with Crippen LogP contribution in [0.1, 0.15) is 40.4 Å². The van der Waals surface area contributed by atoms with Crippen molar-refractivity contribution >= 4 is 11.0 Å². The van der Waals surface area contributed by atoms with Crippen molar-refractivity contribution in [1.82, 2.24) is 15.1 Å². The number of hydrogen-bond donors (Lipinski definition) is 0. The van der Waals surface area contributed by atoms with Gasteiger partial charge >= 0.3 is 0 Å². The summed E-state index contributed by atoms with van der Waals surface area (Å²) in [5, 5.41) is 5.00. The summed E-state index contributed by atoms with van der Waals surface area (Å²) in [6, 6.07) is 10.2. The Hall–Kier alpha value is -3.59. The van der Waals surface area contributed by atoms with Gasteiger partial charge in [-0.15, -0.1) is 0 Å². The van der Waals surface area contributed by atoms with E-state index >= 15 is 0 Å². The van der Waals surface area contributed by atoms with Crippen LogP contribution in [0.3, 0.4) is 0 Å².